The molecule has 0 spiro atoms. The van der Waals surface area contributed by atoms with Crippen molar-refractivity contribution in [2.75, 3.05) is 5.32 Å². The molecule has 0 unspecified atom stereocenters. The van der Waals surface area contributed by atoms with E-state index < -0.39 is 48.9 Å². The summed E-state index contributed by atoms with van der Waals surface area (Å²) in [6.07, 6.45) is 0. The number of carboxylic acids is 2. The topological polar surface area (TPSA) is 240 Å². The first kappa shape index (κ1) is 34.6. The number of non-ortho nitro benzene ring substituents is 1. The van der Waals surface area contributed by atoms with Crippen molar-refractivity contribution in [3.8, 4) is 5.75 Å². The molecule has 17 heteroatoms. The van der Waals surface area contributed by atoms with E-state index in [2.05, 4.69) is 15.5 Å². The summed E-state index contributed by atoms with van der Waals surface area (Å²) in [5, 5.41) is 52.5. The molecule has 1 radical (unpaired) electrons. The van der Waals surface area contributed by atoms with Crippen LogP contribution in [0.25, 0.3) is 0 Å². The molecule has 0 heterocycles. The molecule has 38 heavy (non-hydrogen) atoms. The van der Waals surface area contributed by atoms with Crippen molar-refractivity contribution in [1.82, 2.24) is 0 Å². The molecular formula is C21H14FeN4NaO10S. The molecule has 0 fully saturated rings. The van der Waals surface area contributed by atoms with Gasteiger partial charge in [-0.1, -0.05) is 11.8 Å². The van der Waals surface area contributed by atoms with Crippen molar-refractivity contribution in [3.05, 3.63) is 76.3 Å². The maximum absolute atomic E-state index is 11.5. The van der Waals surface area contributed by atoms with Crippen molar-refractivity contribution in [2.45, 2.75) is 11.8 Å². The summed E-state index contributed by atoms with van der Waals surface area (Å²) in [7, 11) is -4.99. The minimum absolute atomic E-state index is 0. The summed E-state index contributed by atoms with van der Waals surface area (Å²) >= 11 is 0. The summed E-state index contributed by atoms with van der Waals surface area (Å²) < 4.78 is 34.4. The number of azo groups is 1. The van der Waals surface area contributed by atoms with Crippen LogP contribution >= 0.6 is 0 Å². The van der Waals surface area contributed by atoms with E-state index >= 15 is 0 Å². The summed E-state index contributed by atoms with van der Waals surface area (Å²) in [4.78, 5) is 29.0. The van der Waals surface area contributed by atoms with Gasteiger partial charge >= 0.3 is 46.6 Å². The van der Waals surface area contributed by atoms with Gasteiger partial charge < -0.3 is 34.8 Å². The molecule has 3 aromatic rings. The van der Waals surface area contributed by atoms with Crippen LogP contribution in [-0.2, 0) is 32.0 Å². The van der Waals surface area contributed by atoms with Gasteiger partial charge in [0.1, 0.15) is 10.1 Å². The Morgan fingerprint density at radius 2 is 1.45 bits per heavy atom. The van der Waals surface area contributed by atoms with Crippen molar-refractivity contribution in [3.63, 3.8) is 0 Å². The number of benzene rings is 3. The van der Waals surface area contributed by atoms with Gasteiger partial charge in [0.25, 0.3) is 5.69 Å². The third kappa shape index (κ3) is 10.5. The van der Waals surface area contributed by atoms with E-state index in [-0.39, 0.29) is 58.0 Å². The predicted molar refractivity (Wildman–Crippen MR) is 116 cm³/mol. The van der Waals surface area contributed by atoms with Gasteiger partial charge in [0.05, 0.1) is 32.9 Å². The monoisotopic (exact) mass is 593 g/mol. The third-order valence-corrected chi connectivity index (χ3v) is 4.93. The normalized spacial score (nSPS) is 10.3. The third-order valence-electron chi connectivity index (χ3n) is 4.06. The molecule has 3 rings (SSSR count). The minimum Gasteiger partial charge on any atom is -0.872 e. The summed E-state index contributed by atoms with van der Waals surface area (Å²) in [6.45, 7) is 0.972. The molecule has 0 aliphatic carbocycles. The maximum Gasteiger partial charge on any atom is 3.00 e. The van der Waals surface area contributed by atoms with Gasteiger partial charge in [0.15, 0.2) is 0 Å². The van der Waals surface area contributed by atoms with E-state index in [4.69, 9.17) is 9.90 Å². The number of nitrogens with one attached hydrogen (secondary N) is 1. The molecule has 0 atom stereocenters. The Morgan fingerprint density at radius 3 is 1.95 bits per heavy atom. The Morgan fingerprint density at radius 1 is 0.921 bits per heavy atom. The Kier molecular flexibility index (Phi) is 13.8. The molecule has 0 aromatic heterocycles. The number of carbonyl (C=O) groups excluding carboxylic acids is 2. The van der Waals surface area contributed by atoms with Gasteiger partial charge in [-0.05, 0) is 55.0 Å². The number of carboxylic acid groups (broad SMARTS) is 2. The van der Waals surface area contributed by atoms with Crippen LogP contribution in [0.15, 0.2) is 75.8 Å². The molecule has 0 amide bonds. The van der Waals surface area contributed by atoms with Crippen LogP contribution in [0.3, 0.4) is 0 Å². The minimum atomic E-state index is -4.99. The molecule has 0 aliphatic heterocycles. The molecule has 0 saturated carbocycles. The quantitative estimate of drug-likeness (QED) is 0.102. The van der Waals surface area contributed by atoms with E-state index in [1.54, 1.807) is 0 Å². The second-order valence-corrected chi connectivity index (χ2v) is 8.07. The van der Waals surface area contributed by atoms with E-state index in [0.29, 0.717) is 17.4 Å². The summed E-state index contributed by atoms with van der Waals surface area (Å²) in [6, 6.07) is 12.1. The van der Waals surface area contributed by atoms with Crippen LogP contribution in [0.5, 0.6) is 5.75 Å². The van der Waals surface area contributed by atoms with Crippen molar-refractivity contribution in [1.29, 1.82) is 0 Å². The van der Waals surface area contributed by atoms with E-state index in [0.717, 1.165) is 31.2 Å². The van der Waals surface area contributed by atoms with Gasteiger partial charge in [-0.15, -0.1) is 0 Å². The van der Waals surface area contributed by atoms with E-state index in [1.165, 1.54) is 30.3 Å². The van der Waals surface area contributed by atoms with Gasteiger partial charge in [0, 0.05) is 23.8 Å². The average Bonchev–Trinajstić information content (AvgIpc) is 2.78. The number of aliphatic carboxylic acids is 1. The fraction of sp³-hybridized carbons (Fsp3) is 0.0476. The van der Waals surface area contributed by atoms with Crippen molar-refractivity contribution >= 4 is 50.5 Å². The Labute approximate surface area is 248 Å². The van der Waals surface area contributed by atoms with Crippen LogP contribution in [0.2, 0.25) is 0 Å². The number of nitrogens with zero attached hydrogens (tertiary/aromatic N) is 3. The van der Waals surface area contributed by atoms with Crippen molar-refractivity contribution < 1.29 is 89.4 Å². The van der Waals surface area contributed by atoms with Gasteiger partial charge in [-0.2, -0.15) is 10.2 Å². The van der Waals surface area contributed by atoms with Crippen LogP contribution in [0, 0.1) is 10.1 Å². The van der Waals surface area contributed by atoms with E-state index in [9.17, 15) is 38.1 Å². The Balaban J connectivity index is 0.00000213. The molecule has 1 N–H and O–H groups in total. The molecule has 0 bridgehead atoms. The molecule has 193 valence electrons. The number of aromatic carboxylic acids is 1. The van der Waals surface area contributed by atoms with Crippen LogP contribution in [-0.4, -0.2) is 29.8 Å². The largest absolute Gasteiger partial charge is 3.00 e. The first-order chi connectivity index (χ1) is 16.8. The molecule has 3 aromatic carbocycles. The van der Waals surface area contributed by atoms with Crippen LogP contribution in [0.4, 0.5) is 28.4 Å². The molecule has 0 aliphatic rings. The zero-order valence-corrected chi connectivity index (χ0v) is 23.4. The Hall–Kier alpha value is -3.37. The second-order valence-electron chi connectivity index (χ2n) is 6.72. The number of hydrogen-bond acceptors (Lipinski definition) is 13. The number of rotatable bonds is 7. The standard InChI is InChI=1S/C19H14N4O8S.C2H4O2.Fe.Na/c24-17-8-5-13(9-15(17)19(25)26)22-21-12-3-1-11(2-4-12)20-16-7-6-14(23(27)28)10-18(16)32(29,30)31;1-2(3)4;;/h1-10,20,24H,(H,25,26)(H,29,30,31);1H3,(H,3,4);;/q;;+3;+1/p-4. The van der Waals surface area contributed by atoms with Crippen LogP contribution < -0.4 is 50.2 Å². The zero-order chi connectivity index (χ0) is 27.0. The van der Waals surface area contributed by atoms with Gasteiger partial charge in [0.2, 0.25) is 0 Å². The number of nitro benzene ring substituents is 1. The first-order valence-corrected chi connectivity index (χ1v) is 10.9. The maximum atomic E-state index is 11.5. The fourth-order valence-electron chi connectivity index (χ4n) is 2.56. The van der Waals surface area contributed by atoms with Crippen LogP contribution in [0.1, 0.15) is 17.3 Å². The molecular weight excluding hydrogens is 579 g/mol. The number of carbonyl (C=O) groups is 2. The average molecular weight is 593 g/mol. The van der Waals surface area contributed by atoms with E-state index in [1.807, 2.05) is 0 Å². The number of anilines is 2. The SMILES string of the molecule is CC(=O)[O-].O=C([O-])c1cc(N=Nc2ccc(Nc3ccc([N+](=O)[O-])cc3S(=O)(=O)[O-])cc2)ccc1[O-].[Fe+3].[Na+]. The summed E-state index contributed by atoms with van der Waals surface area (Å²) in [5.74, 6) is -3.43. The van der Waals surface area contributed by atoms with Gasteiger partial charge in [-0.3, -0.25) is 10.1 Å². The predicted octanol–water partition coefficient (Wildman–Crippen LogP) is -2.15. The molecule has 14 nitrogen and oxygen atoms in total. The van der Waals surface area contributed by atoms with Gasteiger partial charge in [-0.25, -0.2) is 8.42 Å². The summed E-state index contributed by atoms with van der Waals surface area (Å²) in [5.41, 5.74) is -0.453. The zero-order valence-electron chi connectivity index (χ0n) is 19.5. The number of nitro groups is 1. The smallest absolute Gasteiger partial charge is 0.872 e. The fourth-order valence-corrected chi connectivity index (χ4v) is 3.21. The Bertz CT molecular complexity index is 1450. The first-order valence-electron chi connectivity index (χ1n) is 9.51. The number of hydrogen-bond donors (Lipinski definition) is 1. The second kappa shape index (κ2) is 15.1. The van der Waals surface area contributed by atoms with Crippen molar-refractivity contribution in [2.24, 2.45) is 10.2 Å². The molecule has 0 saturated heterocycles.